The van der Waals surface area contributed by atoms with E-state index in [1.807, 2.05) is 69.3 Å². The number of imide groups is 1. The SMILES string of the molecule is CCOC1C(=O)N(C(Nc2cc(NC(=O)C(CC)Oc3ccc(C)cc3C)ccc2Cl)C(=O)C(C)(C)C)C(=O)N1Cc1ccccc1. The third-order valence-electron chi connectivity index (χ3n) is 7.74. The van der Waals surface area contributed by atoms with E-state index in [1.54, 1.807) is 45.9 Å². The third kappa shape index (κ3) is 8.31. The van der Waals surface area contributed by atoms with Crippen LogP contribution in [0.5, 0.6) is 5.75 Å². The van der Waals surface area contributed by atoms with Crippen molar-refractivity contribution in [3.05, 3.63) is 88.4 Å². The molecule has 250 valence electrons. The molecular weight excluding hydrogens is 620 g/mol. The maximum absolute atomic E-state index is 13.9. The van der Waals surface area contributed by atoms with Crippen LogP contribution < -0.4 is 15.4 Å². The Labute approximate surface area is 281 Å². The van der Waals surface area contributed by atoms with Crippen molar-refractivity contribution in [2.75, 3.05) is 17.2 Å². The second-order valence-electron chi connectivity index (χ2n) is 12.5. The van der Waals surface area contributed by atoms with Gasteiger partial charge in [0.05, 0.1) is 17.3 Å². The number of Topliss-reactive ketones (excluding diaryl/α,β-unsaturated/α-hetero) is 1. The molecule has 0 saturated carbocycles. The lowest BCUT2D eigenvalue weighted by Crippen LogP contribution is -2.53. The first-order chi connectivity index (χ1) is 22.2. The molecule has 1 aliphatic rings. The Bertz CT molecular complexity index is 1620. The predicted octanol–water partition coefficient (Wildman–Crippen LogP) is 6.93. The molecule has 3 aromatic rings. The van der Waals surface area contributed by atoms with Gasteiger partial charge >= 0.3 is 6.03 Å². The number of urea groups is 1. The van der Waals surface area contributed by atoms with E-state index in [9.17, 15) is 19.2 Å². The molecule has 3 unspecified atom stereocenters. The molecule has 47 heavy (non-hydrogen) atoms. The molecule has 1 fully saturated rings. The Morgan fingerprint density at radius 2 is 1.68 bits per heavy atom. The van der Waals surface area contributed by atoms with Gasteiger partial charge in [0.1, 0.15) is 5.75 Å². The molecule has 11 heteroatoms. The highest BCUT2D eigenvalue weighted by Gasteiger charge is 2.52. The minimum Gasteiger partial charge on any atom is -0.480 e. The first-order valence-corrected chi connectivity index (χ1v) is 16.1. The summed E-state index contributed by atoms with van der Waals surface area (Å²) in [7, 11) is 0. The van der Waals surface area contributed by atoms with Gasteiger partial charge in [0, 0.05) is 17.7 Å². The molecule has 3 aromatic carbocycles. The van der Waals surface area contributed by atoms with Gasteiger partial charge in [-0.1, -0.05) is 87.3 Å². The summed E-state index contributed by atoms with van der Waals surface area (Å²) < 4.78 is 11.8. The average molecular weight is 663 g/mol. The fraction of sp³-hybridized carbons (Fsp3) is 0.389. The first kappa shape index (κ1) is 35.4. The Morgan fingerprint density at radius 1 is 0.979 bits per heavy atom. The first-order valence-electron chi connectivity index (χ1n) is 15.7. The highest BCUT2D eigenvalue weighted by molar-refractivity contribution is 6.33. The van der Waals surface area contributed by atoms with Crippen molar-refractivity contribution in [1.29, 1.82) is 0 Å². The van der Waals surface area contributed by atoms with Crippen LogP contribution in [0.1, 0.15) is 57.7 Å². The number of nitrogens with one attached hydrogen (secondary N) is 2. The molecule has 10 nitrogen and oxygen atoms in total. The van der Waals surface area contributed by atoms with E-state index in [4.69, 9.17) is 21.1 Å². The summed E-state index contributed by atoms with van der Waals surface area (Å²) in [6, 6.07) is 19.0. The van der Waals surface area contributed by atoms with Crippen LogP contribution in [0.4, 0.5) is 16.2 Å². The molecule has 0 radical (unpaired) electrons. The van der Waals surface area contributed by atoms with E-state index in [1.165, 1.54) is 4.90 Å². The van der Waals surface area contributed by atoms with Crippen LogP contribution in [0.3, 0.4) is 0 Å². The quantitative estimate of drug-likeness (QED) is 0.191. The molecule has 1 heterocycles. The summed E-state index contributed by atoms with van der Waals surface area (Å²) >= 11 is 6.58. The van der Waals surface area contributed by atoms with Crippen molar-refractivity contribution in [3.8, 4) is 5.75 Å². The Hall–Kier alpha value is -4.41. The van der Waals surface area contributed by atoms with Gasteiger partial charge in [-0.2, -0.15) is 0 Å². The minimum absolute atomic E-state index is 0.105. The number of aryl methyl sites for hydroxylation is 2. The largest absolute Gasteiger partial charge is 0.480 e. The highest BCUT2D eigenvalue weighted by Crippen LogP contribution is 2.32. The molecule has 1 saturated heterocycles. The van der Waals surface area contributed by atoms with Crippen molar-refractivity contribution < 1.29 is 28.7 Å². The van der Waals surface area contributed by atoms with E-state index in [0.717, 1.165) is 21.6 Å². The van der Waals surface area contributed by atoms with Crippen molar-refractivity contribution in [2.24, 2.45) is 5.41 Å². The van der Waals surface area contributed by atoms with Gasteiger partial charge < -0.3 is 20.1 Å². The monoisotopic (exact) mass is 662 g/mol. The van der Waals surface area contributed by atoms with E-state index in [2.05, 4.69) is 10.6 Å². The normalized spacial score (nSPS) is 16.2. The Morgan fingerprint density at radius 3 is 2.30 bits per heavy atom. The number of anilines is 2. The van der Waals surface area contributed by atoms with Crippen LogP contribution in [-0.4, -0.2) is 58.5 Å². The number of carbonyl (C=O) groups excluding carboxylic acids is 4. The number of hydrogen-bond acceptors (Lipinski definition) is 7. The second-order valence-corrected chi connectivity index (χ2v) is 12.9. The molecular formula is C36H43ClN4O6. The predicted molar refractivity (Wildman–Crippen MR) is 182 cm³/mol. The molecule has 0 spiro atoms. The molecule has 0 aliphatic carbocycles. The van der Waals surface area contributed by atoms with Crippen LogP contribution in [-0.2, 0) is 25.7 Å². The molecule has 4 rings (SSSR count). The van der Waals surface area contributed by atoms with Crippen LogP contribution >= 0.6 is 11.6 Å². The summed E-state index contributed by atoms with van der Waals surface area (Å²) in [5, 5.41) is 6.13. The van der Waals surface area contributed by atoms with Crippen molar-refractivity contribution >= 4 is 46.6 Å². The molecule has 0 bridgehead atoms. The zero-order chi connectivity index (χ0) is 34.5. The maximum atomic E-state index is 13.9. The number of carbonyl (C=O) groups is 4. The summed E-state index contributed by atoms with van der Waals surface area (Å²) in [6.45, 7) is 12.9. The van der Waals surface area contributed by atoms with Crippen LogP contribution in [0.15, 0.2) is 66.7 Å². The summed E-state index contributed by atoms with van der Waals surface area (Å²) in [6.07, 6.45) is -2.99. The lowest BCUT2D eigenvalue weighted by molar-refractivity contribution is -0.146. The molecule has 4 amide bonds. The number of ketones is 1. The lowest BCUT2D eigenvalue weighted by Gasteiger charge is -2.31. The second kappa shape index (κ2) is 15.0. The van der Waals surface area contributed by atoms with Crippen LogP contribution in [0, 0.1) is 19.3 Å². The van der Waals surface area contributed by atoms with Gasteiger partial charge in [0.2, 0.25) is 6.23 Å². The van der Waals surface area contributed by atoms with E-state index >= 15 is 0 Å². The van der Waals surface area contributed by atoms with E-state index < -0.39 is 41.6 Å². The van der Waals surface area contributed by atoms with Crippen molar-refractivity contribution in [1.82, 2.24) is 9.80 Å². The summed E-state index contributed by atoms with van der Waals surface area (Å²) in [5.74, 6) is -0.845. The van der Waals surface area contributed by atoms with Crippen LogP contribution in [0.25, 0.3) is 0 Å². The lowest BCUT2D eigenvalue weighted by atomic mass is 9.88. The van der Waals surface area contributed by atoms with Gasteiger partial charge in [0.25, 0.3) is 11.8 Å². The fourth-order valence-corrected chi connectivity index (χ4v) is 5.39. The van der Waals surface area contributed by atoms with E-state index in [0.29, 0.717) is 17.9 Å². The molecule has 2 N–H and O–H groups in total. The number of rotatable bonds is 13. The van der Waals surface area contributed by atoms with Gasteiger partial charge in [-0.3, -0.25) is 19.3 Å². The number of amides is 4. The Balaban J connectivity index is 1.62. The topological polar surface area (TPSA) is 117 Å². The van der Waals surface area contributed by atoms with Crippen molar-refractivity contribution in [3.63, 3.8) is 0 Å². The summed E-state index contributed by atoms with van der Waals surface area (Å²) in [4.78, 5) is 57.2. The minimum atomic E-state index is -1.42. The molecule has 3 atom stereocenters. The van der Waals surface area contributed by atoms with Crippen molar-refractivity contribution in [2.45, 2.75) is 79.9 Å². The number of benzene rings is 3. The number of hydrogen-bond donors (Lipinski definition) is 2. The highest BCUT2D eigenvalue weighted by atomic mass is 35.5. The summed E-state index contributed by atoms with van der Waals surface area (Å²) in [5.41, 5.74) is 2.47. The van der Waals surface area contributed by atoms with Gasteiger partial charge in [-0.05, 0) is 62.6 Å². The maximum Gasteiger partial charge on any atom is 0.331 e. The smallest absolute Gasteiger partial charge is 0.331 e. The number of nitrogens with zero attached hydrogens (tertiary/aromatic N) is 2. The van der Waals surface area contributed by atoms with Gasteiger partial charge in [-0.15, -0.1) is 0 Å². The van der Waals surface area contributed by atoms with Gasteiger partial charge in [0.15, 0.2) is 18.1 Å². The fourth-order valence-electron chi connectivity index (χ4n) is 5.22. The average Bonchev–Trinajstić information content (AvgIpc) is 3.24. The van der Waals surface area contributed by atoms with E-state index in [-0.39, 0.29) is 29.8 Å². The third-order valence-corrected chi connectivity index (χ3v) is 8.07. The number of halogens is 1. The molecule has 1 aliphatic heterocycles. The van der Waals surface area contributed by atoms with Gasteiger partial charge in [-0.25, -0.2) is 9.69 Å². The van der Waals surface area contributed by atoms with Crippen LogP contribution in [0.2, 0.25) is 5.02 Å². The number of ether oxygens (including phenoxy) is 2. The Kier molecular flexibility index (Phi) is 11.3. The zero-order valence-electron chi connectivity index (χ0n) is 27.9. The zero-order valence-corrected chi connectivity index (χ0v) is 28.7. The standard InChI is InChI=1S/C36H43ClN4O6/c1-8-28(47-29-18-15-22(3)19-23(29)4)32(43)38-25-16-17-26(37)27(20-25)39-31(30(42)36(5,6)7)41-33(44)34(46-9-2)40(35(41)45)21-24-13-11-10-12-14-24/h10-20,28,31,34,39H,8-9,21H2,1-7H3,(H,38,43). The molecule has 0 aromatic heterocycles.